The molecule has 118 valence electrons. The molecule has 1 amide bonds. The van der Waals surface area contributed by atoms with Gasteiger partial charge in [0.25, 0.3) is 0 Å². The van der Waals surface area contributed by atoms with Crippen molar-refractivity contribution < 1.29 is 19.4 Å². The van der Waals surface area contributed by atoms with Crippen LogP contribution in [0.3, 0.4) is 0 Å². The van der Waals surface area contributed by atoms with Gasteiger partial charge >= 0.3 is 6.09 Å². The van der Waals surface area contributed by atoms with E-state index in [0.717, 1.165) is 65.0 Å². The Labute approximate surface area is 125 Å². The second-order valence-corrected chi connectivity index (χ2v) is 7.16. The number of ether oxygens (including phenoxy) is 2. The number of piperidine rings is 1. The van der Waals surface area contributed by atoms with Gasteiger partial charge in [0.1, 0.15) is 0 Å². The Balaban J connectivity index is 1.28. The molecule has 1 N–H and O–H groups in total. The molecule has 0 radical (unpaired) electrons. The summed E-state index contributed by atoms with van der Waals surface area (Å²) in [7, 11) is 0. The fraction of sp³-hybridized carbons (Fsp3) is 0.933. The number of carbonyl (C=O) groups is 1. The van der Waals surface area contributed by atoms with E-state index in [1.807, 2.05) is 0 Å². The quantitative estimate of drug-likeness (QED) is 0.791. The van der Waals surface area contributed by atoms with Gasteiger partial charge in [-0.15, -0.1) is 0 Å². The lowest BCUT2D eigenvalue weighted by Gasteiger charge is -2.52. The minimum atomic E-state index is -0.759. The summed E-state index contributed by atoms with van der Waals surface area (Å²) in [5.41, 5.74) is 0.276. The third-order valence-corrected chi connectivity index (χ3v) is 5.94. The maximum absolute atomic E-state index is 11.0. The number of nitrogens with zero attached hydrogens (tertiary/aromatic N) is 2. The Bertz CT molecular complexity index is 419. The normalized spacial score (nSPS) is 39.0. The molecule has 3 aliphatic heterocycles. The average molecular weight is 296 g/mol. The summed E-state index contributed by atoms with van der Waals surface area (Å²) in [5, 5.41) is 9.09. The zero-order valence-corrected chi connectivity index (χ0v) is 12.4. The van der Waals surface area contributed by atoms with E-state index in [2.05, 4.69) is 4.90 Å². The van der Waals surface area contributed by atoms with Gasteiger partial charge in [-0.3, -0.25) is 4.90 Å². The van der Waals surface area contributed by atoms with Crippen LogP contribution in [0.5, 0.6) is 0 Å². The third-order valence-electron chi connectivity index (χ3n) is 5.94. The van der Waals surface area contributed by atoms with Crippen molar-refractivity contribution in [1.82, 2.24) is 9.80 Å². The molecule has 4 fully saturated rings. The highest BCUT2D eigenvalue weighted by atomic mass is 16.7. The predicted octanol–water partition coefficient (Wildman–Crippen LogP) is 1.36. The van der Waals surface area contributed by atoms with Crippen LogP contribution in [0.15, 0.2) is 0 Å². The van der Waals surface area contributed by atoms with Gasteiger partial charge in [-0.25, -0.2) is 4.79 Å². The topological polar surface area (TPSA) is 62.2 Å². The summed E-state index contributed by atoms with van der Waals surface area (Å²) in [6.45, 7) is 5.01. The molecule has 6 heteroatoms. The first-order valence-electron chi connectivity index (χ1n) is 8.10. The molecule has 0 atom stereocenters. The third kappa shape index (κ3) is 2.33. The molecule has 21 heavy (non-hydrogen) atoms. The summed E-state index contributed by atoms with van der Waals surface area (Å²) in [6.07, 6.45) is 4.54. The number of amides is 1. The highest BCUT2D eigenvalue weighted by molar-refractivity contribution is 5.65. The Hall–Kier alpha value is -0.850. The first-order valence-corrected chi connectivity index (χ1v) is 8.10. The Morgan fingerprint density at radius 3 is 2.29 bits per heavy atom. The minimum absolute atomic E-state index is 0.276. The lowest BCUT2D eigenvalue weighted by Crippen LogP contribution is -2.56. The van der Waals surface area contributed by atoms with Gasteiger partial charge in [-0.2, -0.15) is 0 Å². The van der Waals surface area contributed by atoms with Gasteiger partial charge in [0.05, 0.1) is 13.2 Å². The number of hydrogen-bond donors (Lipinski definition) is 1. The van der Waals surface area contributed by atoms with E-state index in [-0.39, 0.29) is 11.2 Å². The van der Waals surface area contributed by atoms with Gasteiger partial charge in [0.2, 0.25) is 0 Å². The van der Waals surface area contributed by atoms with Gasteiger partial charge in [0.15, 0.2) is 5.79 Å². The van der Waals surface area contributed by atoms with E-state index in [1.165, 1.54) is 0 Å². The van der Waals surface area contributed by atoms with E-state index < -0.39 is 6.09 Å². The zero-order chi connectivity index (χ0) is 14.5. The van der Waals surface area contributed by atoms with Crippen LogP contribution in [0.2, 0.25) is 0 Å². The van der Waals surface area contributed by atoms with Crippen molar-refractivity contribution in [2.75, 3.05) is 39.4 Å². The second-order valence-electron chi connectivity index (χ2n) is 7.16. The van der Waals surface area contributed by atoms with Crippen molar-refractivity contribution in [3.63, 3.8) is 0 Å². The van der Waals surface area contributed by atoms with Crippen LogP contribution < -0.4 is 0 Å². The van der Waals surface area contributed by atoms with Crippen LogP contribution in [0.4, 0.5) is 4.79 Å². The smallest absolute Gasteiger partial charge is 0.407 e. The van der Waals surface area contributed by atoms with E-state index in [1.54, 1.807) is 4.90 Å². The van der Waals surface area contributed by atoms with Crippen LogP contribution in [-0.2, 0) is 9.47 Å². The molecule has 0 bridgehead atoms. The Morgan fingerprint density at radius 1 is 1.05 bits per heavy atom. The molecule has 3 saturated heterocycles. The standard InChI is InChI=1S/C15H24N2O4/c18-13(19)17-4-1-14(11-17)9-12(10-14)16-5-2-15(3-6-16)20-7-8-21-15/h12H,1-11H2,(H,18,19)/t12-,14+. The van der Waals surface area contributed by atoms with E-state index in [9.17, 15) is 4.79 Å². The molecule has 1 aliphatic carbocycles. The fourth-order valence-corrected chi connectivity index (χ4v) is 4.65. The summed E-state index contributed by atoms with van der Waals surface area (Å²) in [6, 6.07) is 0.637. The molecular weight excluding hydrogens is 272 g/mol. The maximum atomic E-state index is 11.0. The number of hydrogen-bond acceptors (Lipinski definition) is 4. The monoisotopic (exact) mass is 296 g/mol. The van der Waals surface area contributed by atoms with Crippen molar-refractivity contribution in [3.05, 3.63) is 0 Å². The first-order chi connectivity index (χ1) is 10.1. The largest absolute Gasteiger partial charge is 0.465 e. The lowest BCUT2D eigenvalue weighted by molar-refractivity contribution is -0.192. The summed E-state index contributed by atoms with van der Waals surface area (Å²) in [5.74, 6) is -0.286. The molecule has 0 aromatic rings. The number of carboxylic acid groups (broad SMARTS) is 1. The number of rotatable bonds is 1. The highest BCUT2D eigenvalue weighted by Crippen LogP contribution is 2.51. The first kappa shape index (κ1) is 13.8. The van der Waals surface area contributed by atoms with E-state index in [0.29, 0.717) is 12.6 Å². The van der Waals surface area contributed by atoms with Crippen molar-refractivity contribution in [2.45, 2.75) is 43.9 Å². The maximum Gasteiger partial charge on any atom is 0.407 e. The predicted molar refractivity (Wildman–Crippen MR) is 75.1 cm³/mol. The molecule has 0 unspecified atom stereocenters. The van der Waals surface area contributed by atoms with E-state index >= 15 is 0 Å². The van der Waals surface area contributed by atoms with Crippen LogP contribution in [0.25, 0.3) is 0 Å². The summed E-state index contributed by atoms with van der Waals surface area (Å²) in [4.78, 5) is 15.2. The zero-order valence-electron chi connectivity index (χ0n) is 12.4. The number of likely N-dealkylation sites (tertiary alicyclic amines) is 2. The molecule has 3 heterocycles. The molecule has 2 spiro atoms. The fourth-order valence-electron chi connectivity index (χ4n) is 4.65. The van der Waals surface area contributed by atoms with Crippen molar-refractivity contribution >= 4 is 6.09 Å². The molecule has 0 aromatic heterocycles. The molecule has 0 aromatic carbocycles. The van der Waals surface area contributed by atoms with Crippen molar-refractivity contribution in [1.29, 1.82) is 0 Å². The average Bonchev–Trinajstić information content (AvgIpc) is 3.06. The minimum Gasteiger partial charge on any atom is -0.465 e. The van der Waals surface area contributed by atoms with Crippen LogP contribution >= 0.6 is 0 Å². The van der Waals surface area contributed by atoms with Crippen molar-refractivity contribution in [2.24, 2.45) is 5.41 Å². The van der Waals surface area contributed by atoms with Crippen molar-refractivity contribution in [3.8, 4) is 0 Å². The SMILES string of the molecule is O=C(O)N1CC[C@]2(C1)C[C@@H](N1CCC3(CC1)OCCO3)C2. The van der Waals surface area contributed by atoms with Crippen LogP contribution in [0, 0.1) is 5.41 Å². The van der Waals surface area contributed by atoms with Crippen LogP contribution in [0.1, 0.15) is 32.1 Å². The van der Waals surface area contributed by atoms with Gasteiger partial charge < -0.3 is 19.5 Å². The molecular formula is C15H24N2O4. The van der Waals surface area contributed by atoms with E-state index in [4.69, 9.17) is 14.6 Å². The molecule has 1 saturated carbocycles. The lowest BCUT2D eigenvalue weighted by atomic mass is 9.64. The van der Waals surface area contributed by atoms with Gasteiger partial charge in [-0.05, 0) is 24.7 Å². The Morgan fingerprint density at radius 2 is 1.71 bits per heavy atom. The van der Waals surface area contributed by atoms with Crippen LogP contribution in [-0.4, -0.2) is 72.2 Å². The summed E-state index contributed by atoms with van der Waals surface area (Å²) >= 11 is 0. The second kappa shape index (κ2) is 4.83. The van der Waals surface area contributed by atoms with Gasteiger partial charge in [-0.1, -0.05) is 0 Å². The molecule has 4 aliphatic rings. The molecule has 6 nitrogen and oxygen atoms in total. The summed E-state index contributed by atoms with van der Waals surface area (Å²) < 4.78 is 11.5. The van der Waals surface area contributed by atoms with Gasteiger partial charge in [0, 0.05) is 45.1 Å². The highest BCUT2D eigenvalue weighted by Gasteiger charge is 2.52. The Kier molecular flexibility index (Phi) is 3.17. The molecule has 4 rings (SSSR count).